The minimum Gasteiger partial charge on any atom is -0.469 e. The highest BCUT2D eigenvalue weighted by molar-refractivity contribution is 5.97. The third kappa shape index (κ3) is 5.48. The Labute approximate surface area is 188 Å². The average Bonchev–Trinajstić information content (AvgIpc) is 2.85. The van der Waals surface area contributed by atoms with Crippen LogP contribution < -0.4 is 5.32 Å². The van der Waals surface area contributed by atoms with E-state index in [1.54, 1.807) is 18.2 Å². The molecule has 0 aliphatic carbocycles. The summed E-state index contributed by atoms with van der Waals surface area (Å²) >= 11 is 0. The van der Waals surface area contributed by atoms with Crippen LogP contribution in [0, 0.1) is 10.1 Å². The molecule has 0 fully saturated rings. The van der Waals surface area contributed by atoms with Gasteiger partial charge in [0.15, 0.2) is 0 Å². The molecular weight excluding hydrogens is 430 g/mol. The molecule has 10 nitrogen and oxygen atoms in total. The molecule has 0 aliphatic heterocycles. The number of esters is 2. The number of hydrogen-bond acceptors (Lipinski definition) is 8. The first-order chi connectivity index (χ1) is 15.8. The number of aromatic nitrogens is 1. The molecule has 170 valence electrons. The first kappa shape index (κ1) is 23.3. The normalized spacial score (nSPS) is 12.4. The average molecular weight is 451 g/mol. The van der Waals surface area contributed by atoms with E-state index in [9.17, 15) is 24.5 Å². The fourth-order valence-electron chi connectivity index (χ4n) is 3.39. The highest BCUT2D eigenvalue weighted by Crippen LogP contribution is 2.27. The second-order valence-electron chi connectivity index (χ2n) is 7.10. The number of methoxy groups -OCH3 is 2. The lowest BCUT2D eigenvalue weighted by Crippen LogP contribution is -2.46. The largest absolute Gasteiger partial charge is 0.469 e. The fourth-order valence-corrected chi connectivity index (χ4v) is 3.39. The molecule has 1 N–H and O–H groups in total. The van der Waals surface area contributed by atoms with Crippen molar-refractivity contribution in [2.75, 3.05) is 14.2 Å². The molecule has 0 saturated heterocycles. The number of amides is 1. The highest BCUT2D eigenvalue weighted by atomic mass is 16.6. The molecule has 2 aromatic carbocycles. The van der Waals surface area contributed by atoms with Crippen molar-refractivity contribution >= 4 is 34.4 Å². The van der Waals surface area contributed by atoms with Crippen LogP contribution in [0.2, 0.25) is 0 Å². The zero-order valence-corrected chi connectivity index (χ0v) is 17.9. The molecule has 33 heavy (non-hydrogen) atoms. The van der Waals surface area contributed by atoms with Gasteiger partial charge in [-0.05, 0) is 17.7 Å². The van der Waals surface area contributed by atoms with Crippen LogP contribution in [-0.4, -0.2) is 48.0 Å². The van der Waals surface area contributed by atoms with Crippen molar-refractivity contribution in [3.05, 3.63) is 82.0 Å². The van der Waals surface area contributed by atoms with Gasteiger partial charge in [-0.2, -0.15) is 0 Å². The van der Waals surface area contributed by atoms with E-state index in [-0.39, 0.29) is 17.8 Å². The molecular formula is C23H21N3O7. The summed E-state index contributed by atoms with van der Waals surface area (Å²) in [6, 6.07) is 14.5. The third-order valence-electron chi connectivity index (χ3n) is 5.12. The van der Waals surface area contributed by atoms with Crippen molar-refractivity contribution in [2.45, 2.75) is 18.4 Å². The molecule has 0 unspecified atom stereocenters. The molecule has 0 aliphatic rings. The zero-order valence-electron chi connectivity index (χ0n) is 17.9. The van der Waals surface area contributed by atoms with Gasteiger partial charge in [-0.3, -0.25) is 19.7 Å². The lowest BCUT2D eigenvalue weighted by Gasteiger charge is -2.25. The Balaban J connectivity index is 1.96. The highest BCUT2D eigenvalue weighted by Gasteiger charge is 2.34. The summed E-state index contributed by atoms with van der Waals surface area (Å²) in [5.41, 5.74) is 0.923. The zero-order chi connectivity index (χ0) is 24.0. The van der Waals surface area contributed by atoms with Gasteiger partial charge in [-0.1, -0.05) is 36.4 Å². The van der Waals surface area contributed by atoms with Crippen LogP contribution in [-0.2, 0) is 19.1 Å². The predicted molar refractivity (Wildman–Crippen MR) is 117 cm³/mol. The number of pyridine rings is 1. The molecule has 0 saturated carbocycles. The number of carbonyl (C=O) groups excluding carboxylic acids is 3. The van der Waals surface area contributed by atoms with Gasteiger partial charge in [-0.15, -0.1) is 0 Å². The number of benzene rings is 2. The lowest BCUT2D eigenvalue weighted by atomic mass is 9.88. The Morgan fingerprint density at radius 3 is 2.33 bits per heavy atom. The summed E-state index contributed by atoms with van der Waals surface area (Å²) in [6.45, 7) is 0. The molecule has 0 bridgehead atoms. The van der Waals surface area contributed by atoms with E-state index in [4.69, 9.17) is 9.47 Å². The van der Waals surface area contributed by atoms with Crippen molar-refractivity contribution in [1.29, 1.82) is 0 Å². The van der Waals surface area contributed by atoms with Gasteiger partial charge < -0.3 is 14.8 Å². The van der Waals surface area contributed by atoms with E-state index in [2.05, 4.69) is 10.3 Å². The number of nitrogens with one attached hydrogen (secondary N) is 1. The molecule has 0 radical (unpaired) electrons. The second-order valence-corrected chi connectivity index (χ2v) is 7.10. The first-order valence-electron chi connectivity index (χ1n) is 9.89. The molecule has 3 aromatic rings. The topological polar surface area (TPSA) is 138 Å². The number of rotatable bonds is 8. The van der Waals surface area contributed by atoms with Gasteiger partial charge in [0.2, 0.25) is 0 Å². The third-order valence-corrected chi connectivity index (χ3v) is 5.12. The number of para-hydroxylation sites is 1. The van der Waals surface area contributed by atoms with E-state index >= 15 is 0 Å². The molecule has 2 atom stereocenters. The van der Waals surface area contributed by atoms with Gasteiger partial charge in [-0.25, -0.2) is 9.78 Å². The summed E-state index contributed by atoms with van der Waals surface area (Å²) in [5.74, 6) is -2.98. The number of non-ortho nitro benzene ring substituents is 1. The smallest absolute Gasteiger partial charge is 0.329 e. The summed E-state index contributed by atoms with van der Waals surface area (Å²) < 4.78 is 9.61. The molecule has 1 amide bonds. The molecule has 1 aromatic heterocycles. The number of hydrogen-bond donors (Lipinski definition) is 1. The van der Waals surface area contributed by atoms with Crippen LogP contribution in [0.25, 0.3) is 10.9 Å². The van der Waals surface area contributed by atoms with Crippen LogP contribution in [0.15, 0.2) is 60.7 Å². The quantitative estimate of drug-likeness (QED) is 0.313. The fraction of sp³-hybridized carbons (Fsp3) is 0.217. The maximum atomic E-state index is 13.0. The SMILES string of the molecule is COC(=O)C[C@@H](c1ccc([N+](=O)[O-])cc1)[C@H](NC(=O)c1ccc2ccccc2n1)C(=O)OC. The molecule has 3 rings (SSSR count). The van der Waals surface area contributed by atoms with E-state index in [1.807, 2.05) is 12.1 Å². The lowest BCUT2D eigenvalue weighted by molar-refractivity contribution is -0.384. The molecule has 10 heteroatoms. The predicted octanol–water partition coefficient (Wildman–Crippen LogP) is 2.76. The van der Waals surface area contributed by atoms with Crippen molar-refractivity contribution in [3.63, 3.8) is 0 Å². The minimum absolute atomic E-state index is 0.0723. The minimum atomic E-state index is -1.28. The summed E-state index contributed by atoms with van der Waals surface area (Å²) in [4.78, 5) is 52.4. The summed E-state index contributed by atoms with van der Waals surface area (Å²) in [5, 5.41) is 14.4. The van der Waals surface area contributed by atoms with E-state index in [1.165, 1.54) is 37.4 Å². The van der Waals surface area contributed by atoms with Gasteiger partial charge in [0.05, 0.1) is 31.1 Å². The van der Waals surface area contributed by atoms with Gasteiger partial charge in [0.1, 0.15) is 11.7 Å². The van der Waals surface area contributed by atoms with Crippen molar-refractivity contribution < 1.29 is 28.8 Å². The van der Waals surface area contributed by atoms with Crippen LogP contribution in [0.1, 0.15) is 28.4 Å². The molecule has 0 spiro atoms. The van der Waals surface area contributed by atoms with Crippen LogP contribution >= 0.6 is 0 Å². The standard InChI is InChI=1S/C23H21N3O7/c1-32-20(27)13-17(14-7-10-16(11-8-14)26(30)31)21(23(29)33-2)25-22(28)19-12-9-15-5-3-4-6-18(15)24-19/h3-12,17,21H,13H2,1-2H3,(H,25,28)/t17-,21-/m0/s1. The number of carbonyl (C=O) groups is 3. The monoisotopic (exact) mass is 451 g/mol. The first-order valence-corrected chi connectivity index (χ1v) is 9.89. The van der Waals surface area contributed by atoms with Crippen LogP contribution in [0.4, 0.5) is 5.69 Å². The number of nitrogens with zero attached hydrogens (tertiary/aromatic N) is 2. The van der Waals surface area contributed by atoms with E-state index < -0.39 is 34.7 Å². The van der Waals surface area contributed by atoms with Crippen molar-refractivity contribution in [3.8, 4) is 0 Å². The number of nitro benzene ring substituents is 1. The number of ether oxygens (including phenoxy) is 2. The van der Waals surface area contributed by atoms with Crippen LogP contribution in [0.3, 0.4) is 0 Å². The number of fused-ring (bicyclic) bond motifs is 1. The Morgan fingerprint density at radius 2 is 1.70 bits per heavy atom. The Hall–Kier alpha value is -4.34. The summed E-state index contributed by atoms with van der Waals surface area (Å²) in [6.07, 6.45) is -0.278. The Kier molecular flexibility index (Phi) is 7.29. The second kappa shape index (κ2) is 10.3. The van der Waals surface area contributed by atoms with E-state index in [0.29, 0.717) is 11.1 Å². The number of nitro groups is 1. The van der Waals surface area contributed by atoms with E-state index in [0.717, 1.165) is 12.5 Å². The van der Waals surface area contributed by atoms with Crippen molar-refractivity contribution in [1.82, 2.24) is 10.3 Å². The molecule has 1 heterocycles. The maximum Gasteiger partial charge on any atom is 0.329 e. The maximum absolute atomic E-state index is 13.0. The van der Waals surface area contributed by atoms with Crippen LogP contribution in [0.5, 0.6) is 0 Å². The van der Waals surface area contributed by atoms with Crippen molar-refractivity contribution in [2.24, 2.45) is 0 Å². The van der Waals surface area contributed by atoms with Gasteiger partial charge in [0, 0.05) is 23.4 Å². The Morgan fingerprint density at radius 1 is 1.00 bits per heavy atom. The van der Waals surface area contributed by atoms with Gasteiger partial charge >= 0.3 is 11.9 Å². The van der Waals surface area contributed by atoms with Gasteiger partial charge in [0.25, 0.3) is 11.6 Å². The Bertz CT molecular complexity index is 1190. The summed E-state index contributed by atoms with van der Waals surface area (Å²) in [7, 11) is 2.35.